The van der Waals surface area contributed by atoms with Crippen molar-refractivity contribution in [2.24, 2.45) is 0 Å². The second-order valence-electron chi connectivity index (χ2n) is 10.3. The van der Waals surface area contributed by atoms with E-state index in [0.717, 1.165) is 22.3 Å². The Hall–Kier alpha value is -2.20. The minimum atomic E-state index is -1.92. The first-order chi connectivity index (χ1) is 18.4. The van der Waals surface area contributed by atoms with Gasteiger partial charge in [0.05, 0.1) is 6.61 Å². The van der Waals surface area contributed by atoms with Crippen molar-refractivity contribution in [1.29, 1.82) is 0 Å². The molecule has 12 nitrogen and oxygen atoms in total. The maximum Gasteiger partial charge on any atom is 0.231 e. The fraction of sp³-hybridized carbons (Fsp3) is 0.556. The summed E-state index contributed by atoms with van der Waals surface area (Å²) >= 11 is 0. The molecule has 2 aliphatic rings. The van der Waals surface area contributed by atoms with Gasteiger partial charge in [0, 0.05) is 13.1 Å². The van der Waals surface area contributed by atoms with Crippen molar-refractivity contribution in [3.8, 4) is 16.9 Å². The standard InChI is InChI=1S/C27H37NO11/c1-13-8-16(6-7-17(13)38-26-27(2,36)24(34)21(31)19(12-29)39-26)15-5-3-4-14(9-15)10-28-11-18-20(30)22(32)23(33)25(35)37-18/h3-9,18-26,28-36H,10-12H2,1-2H3. The summed E-state index contributed by atoms with van der Waals surface area (Å²) in [6, 6.07) is 13.1. The molecule has 10 atom stereocenters. The molecule has 39 heavy (non-hydrogen) atoms. The number of hydrogen-bond acceptors (Lipinski definition) is 12. The number of hydrogen-bond donors (Lipinski definition) is 9. The van der Waals surface area contributed by atoms with Gasteiger partial charge in [0.15, 0.2) is 11.9 Å². The molecule has 2 saturated heterocycles. The van der Waals surface area contributed by atoms with Gasteiger partial charge in [-0.2, -0.15) is 0 Å². The Labute approximate surface area is 225 Å². The summed E-state index contributed by atoms with van der Waals surface area (Å²) in [6.45, 7) is 3.08. The van der Waals surface area contributed by atoms with E-state index in [9.17, 15) is 40.9 Å². The number of benzene rings is 2. The number of aliphatic hydroxyl groups is 8. The summed E-state index contributed by atoms with van der Waals surface area (Å²) in [5.74, 6) is 0.391. The zero-order chi connectivity index (χ0) is 28.5. The van der Waals surface area contributed by atoms with Gasteiger partial charge in [-0.1, -0.05) is 24.3 Å². The molecule has 10 unspecified atom stereocenters. The topological polar surface area (TPSA) is 202 Å². The second kappa shape index (κ2) is 12.1. The van der Waals surface area contributed by atoms with E-state index in [-0.39, 0.29) is 6.54 Å². The van der Waals surface area contributed by atoms with Crippen LogP contribution in [-0.2, 0) is 16.0 Å². The fourth-order valence-corrected chi connectivity index (χ4v) is 4.76. The SMILES string of the molecule is Cc1cc(-c2cccc(CNCC3OC(O)C(O)C(O)C3O)c2)ccc1OC1OC(CO)C(O)C(O)C1(C)O. The Balaban J connectivity index is 1.40. The van der Waals surface area contributed by atoms with Crippen molar-refractivity contribution in [3.05, 3.63) is 53.6 Å². The van der Waals surface area contributed by atoms with Crippen LogP contribution >= 0.6 is 0 Å². The van der Waals surface area contributed by atoms with E-state index in [1.165, 1.54) is 6.92 Å². The van der Waals surface area contributed by atoms with Crippen LogP contribution in [0.2, 0.25) is 0 Å². The van der Waals surface area contributed by atoms with Gasteiger partial charge in [0.2, 0.25) is 6.29 Å². The molecule has 2 aliphatic heterocycles. The molecule has 0 bridgehead atoms. The van der Waals surface area contributed by atoms with Crippen LogP contribution in [0.3, 0.4) is 0 Å². The normalized spacial score (nSPS) is 37.0. The monoisotopic (exact) mass is 551 g/mol. The molecule has 2 aromatic rings. The van der Waals surface area contributed by atoms with Gasteiger partial charge in [-0.3, -0.25) is 0 Å². The number of aliphatic hydroxyl groups excluding tert-OH is 7. The van der Waals surface area contributed by atoms with Crippen LogP contribution < -0.4 is 10.1 Å². The summed E-state index contributed by atoms with van der Waals surface area (Å²) in [6.07, 6.45) is -12.4. The molecular formula is C27H37NO11. The third kappa shape index (κ3) is 6.26. The molecule has 2 fully saturated rings. The molecule has 0 aliphatic carbocycles. The Bertz CT molecular complexity index is 1110. The van der Waals surface area contributed by atoms with E-state index in [2.05, 4.69) is 5.32 Å². The van der Waals surface area contributed by atoms with Crippen LogP contribution in [0, 0.1) is 6.92 Å². The van der Waals surface area contributed by atoms with Crippen LogP contribution in [0.4, 0.5) is 0 Å². The number of aryl methyl sites for hydroxylation is 1. The van der Waals surface area contributed by atoms with Crippen LogP contribution in [0.15, 0.2) is 42.5 Å². The highest BCUT2D eigenvalue weighted by Crippen LogP contribution is 2.34. The van der Waals surface area contributed by atoms with Gasteiger partial charge >= 0.3 is 0 Å². The molecule has 216 valence electrons. The van der Waals surface area contributed by atoms with Crippen molar-refractivity contribution in [3.63, 3.8) is 0 Å². The average molecular weight is 552 g/mol. The van der Waals surface area contributed by atoms with Crippen LogP contribution in [0.25, 0.3) is 11.1 Å². The van der Waals surface area contributed by atoms with E-state index in [0.29, 0.717) is 12.3 Å². The van der Waals surface area contributed by atoms with Gasteiger partial charge in [-0.05, 0) is 54.3 Å². The van der Waals surface area contributed by atoms with E-state index >= 15 is 0 Å². The number of rotatable bonds is 8. The Kier molecular flexibility index (Phi) is 9.26. The molecule has 9 N–H and O–H groups in total. The highest BCUT2D eigenvalue weighted by atomic mass is 16.7. The Morgan fingerprint density at radius 3 is 2.28 bits per heavy atom. The Morgan fingerprint density at radius 2 is 1.59 bits per heavy atom. The zero-order valence-electron chi connectivity index (χ0n) is 21.7. The minimum absolute atomic E-state index is 0.132. The van der Waals surface area contributed by atoms with Crippen molar-refractivity contribution < 1.29 is 55.1 Å². The van der Waals surface area contributed by atoms with Crippen LogP contribution in [0.5, 0.6) is 5.75 Å². The van der Waals surface area contributed by atoms with Crippen LogP contribution in [-0.4, -0.2) is 115 Å². The molecule has 4 rings (SSSR count). The predicted octanol–water partition coefficient (Wildman–Crippen LogP) is -1.88. The zero-order valence-corrected chi connectivity index (χ0v) is 21.7. The van der Waals surface area contributed by atoms with Crippen molar-refractivity contribution in [1.82, 2.24) is 5.32 Å². The first-order valence-electron chi connectivity index (χ1n) is 12.7. The van der Waals surface area contributed by atoms with Crippen molar-refractivity contribution in [2.75, 3.05) is 13.2 Å². The molecule has 0 spiro atoms. The minimum Gasteiger partial charge on any atom is -0.461 e. The lowest BCUT2D eigenvalue weighted by atomic mass is 9.88. The smallest absolute Gasteiger partial charge is 0.231 e. The lowest BCUT2D eigenvalue weighted by molar-refractivity contribution is -0.314. The summed E-state index contributed by atoms with van der Waals surface area (Å²) in [5.41, 5.74) is 1.51. The largest absolute Gasteiger partial charge is 0.461 e. The van der Waals surface area contributed by atoms with E-state index in [1.54, 1.807) is 6.07 Å². The van der Waals surface area contributed by atoms with E-state index < -0.39 is 67.5 Å². The molecule has 2 heterocycles. The first kappa shape index (κ1) is 29.8. The molecule has 0 radical (unpaired) electrons. The van der Waals surface area contributed by atoms with Gasteiger partial charge in [-0.15, -0.1) is 0 Å². The van der Waals surface area contributed by atoms with Gasteiger partial charge < -0.3 is 60.4 Å². The maximum absolute atomic E-state index is 10.7. The quantitative estimate of drug-likeness (QED) is 0.177. The third-order valence-electron chi connectivity index (χ3n) is 7.29. The van der Waals surface area contributed by atoms with Crippen molar-refractivity contribution in [2.45, 2.75) is 81.3 Å². The summed E-state index contributed by atoms with van der Waals surface area (Å²) < 4.78 is 16.6. The molecule has 0 amide bonds. The second-order valence-corrected chi connectivity index (χ2v) is 10.3. The molecule has 2 aromatic carbocycles. The molecular weight excluding hydrogens is 514 g/mol. The summed E-state index contributed by atoms with van der Waals surface area (Å²) in [7, 11) is 0. The van der Waals surface area contributed by atoms with Gasteiger partial charge in [0.25, 0.3) is 0 Å². The van der Waals surface area contributed by atoms with Crippen LogP contribution in [0.1, 0.15) is 18.1 Å². The Morgan fingerprint density at radius 1 is 0.872 bits per heavy atom. The lowest BCUT2D eigenvalue weighted by Crippen LogP contribution is -2.66. The van der Waals surface area contributed by atoms with Gasteiger partial charge in [-0.25, -0.2) is 0 Å². The molecule has 0 saturated carbocycles. The fourth-order valence-electron chi connectivity index (χ4n) is 4.76. The number of nitrogens with one attached hydrogen (secondary N) is 1. The lowest BCUT2D eigenvalue weighted by Gasteiger charge is -2.45. The first-order valence-corrected chi connectivity index (χ1v) is 12.7. The predicted molar refractivity (Wildman–Crippen MR) is 136 cm³/mol. The van der Waals surface area contributed by atoms with Crippen molar-refractivity contribution >= 4 is 0 Å². The summed E-state index contributed by atoms with van der Waals surface area (Å²) in [4.78, 5) is 0. The maximum atomic E-state index is 10.7. The molecule has 0 aromatic heterocycles. The van der Waals surface area contributed by atoms with Gasteiger partial charge in [0.1, 0.15) is 48.5 Å². The average Bonchev–Trinajstić information content (AvgIpc) is 2.92. The number of ether oxygens (including phenoxy) is 3. The highest BCUT2D eigenvalue weighted by Gasteiger charge is 2.53. The van der Waals surface area contributed by atoms with E-state index in [4.69, 9.17) is 14.2 Å². The summed E-state index contributed by atoms with van der Waals surface area (Å²) in [5, 5.41) is 82.9. The van der Waals surface area contributed by atoms with E-state index in [1.807, 2.05) is 43.3 Å². The highest BCUT2D eigenvalue weighted by molar-refractivity contribution is 5.66. The third-order valence-corrected chi connectivity index (χ3v) is 7.29. The molecule has 12 heteroatoms.